The Bertz CT molecular complexity index is 1200. The first-order valence-corrected chi connectivity index (χ1v) is 16.1. The Labute approximate surface area is 252 Å². The molecule has 42 heavy (non-hydrogen) atoms. The number of nitrogens with one attached hydrogen (secondary N) is 1. The number of nitrogens with zero attached hydrogens (tertiary/aromatic N) is 2. The van der Waals surface area contributed by atoms with Crippen molar-refractivity contribution in [1.29, 1.82) is 0 Å². The smallest absolute Gasteiger partial charge is 0.328 e. The van der Waals surface area contributed by atoms with Gasteiger partial charge in [0.2, 0.25) is 0 Å². The van der Waals surface area contributed by atoms with E-state index in [0.717, 1.165) is 100 Å². The number of rotatable bonds is 10. The molecule has 1 aromatic heterocycles. The Morgan fingerprint density at radius 1 is 1.17 bits per heavy atom. The number of pyridine rings is 1. The van der Waals surface area contributed by atoms with Gasteiger partial charge in [-0.15, -0.1) is 0 Å². The van der Waals surface area contributed by atoms with E-state index in [-0.39, 0.29) is 23.6 Å². The van der Waals surface area contributed by atoms with E-state index in [1.165, 1.54) is 12.0 Å². The van der Waals surface area contributed by atoms with E-state index in [9.17, 15) is 4.79 Å². The van der Waals surface area contributed by atoms with E-state index < -0.39 is 11.6 Å². The molecule has 2 saturated heterocycles. The van der Waals surface area contributed by atoms with E-state index in [1.54, 1.807) is 0 Å². The lowest BCUT2D eigenvalue weighted by molar-refractivity contribution is -0.161. The molecule has 0 radical (unpaired) electrons. The summed E-state index contributed by atoms with van der Waals surface area (Å²) in [6, 6.07) is 12.2. The summed E-state index contributed by atoms with van der Waals surface area (Å²) < 4.78 is 18.7. The number of hydrogen-bond donors (Lipinski definition) is 1. The number of anilines is 1. The summed E-state index contributed by atoms with van der Waals surface area (Å²) in [5.74, 6) is 0.875. The zero-order valence-electron chi connectivity index (χ0n) is 26.4. The molecule has 7 nitrogen and oxygen atoms in total. The maximum Gasteiger partial charge on any atom is 0.328 e. The highest BCUT2D eigenvalue weighted by Gasteiger charge is 2.39. The molecule has 3 atom stereocenters. The Morgan fingerprint density at radius 2 is 2.00 bits per heavy atom. The van der Waals surface area contributed by atoms with Gasteiger partial charge < -0.3 is 19.5 Å². The summed E-state index contributed by atoms with van der Waals surface area (Å²) in [5, 5.41) is 3.43. The van der Waals surface area contributed by atoms with Crippen molar-refractivity contribution in [2.75, 3.05) is 38.2 Å². The van der Waals surface area contributed by atoms with Crippen LogP contribution in [-0.2, 0) is 31.8 Å². The second-order valence-electron chi connectivity index (χ2n) is 14.1. The molecule has 0 saturated carbocycles. The third-order valence-electron chi connectivity index (χ3n) is 8.70. The molecule has 2 fully saturated rings. The van der Waals surface area contributed by atoms with Crippen LogP contribution in [0.3, 0.4) is 0 Å². The summed E-state index contributed by atoms with van der Waals surface area (Å²) in [6.45, 7) is 14.3. The lowest BCUT2D eigenvalue weighted by atomic mass is 9.82. The fourth-order valence-corrected chi connectivity index (χ4v) is 6.42. The fourth-order valence-electron chi connectivity index (χ4n) is 6.42. The maximum atomic E-state index is 13.8. The number of esters is 1. The number of aryl methyl sites for hydroxylation is 2. The molecule has 230 valence electrons. The second kappa shape index (κ2) is 13.4. The molecule has 3 aliphatic heterocycles. The molecule has 5 rings (SSSR count). The third kappa shape index (κ3) is 8.12. The van der Waals surface area contributed by atoms with Crippen LogP contribution in [0, 0.1) is 5.41 Å². The van der Waals surface area contributed by atoms with Crippen LogP contribution >= 0.6 is 0 Å². The Hall–Kier alpha value is -2.48. The first kappa shape index (κ1) is 31.0. The van der Waals surface area contributed by atoms with Gasteiger partial charge in [0.15, 0.2) is 0 Å². The quantitative estimate of drug-likeness (QED) is 0.246. The van der Waals surface area contributed by atoms with E-state index in [2.05, 4.69) is 54.4 Å². The van der Waals surface area contributed by atoms with Crippen LogP contribution in [0.1, 0.15) is 108 Å². The number of aromatic nitrogens is 1. The van der Waals surface area contributed by atoms with Crippen LogP contribution in [-0.4, -0.2) is 60.4 Å². The van der Waals surface area contributed by atoms with Crippen molar-refractivity contribution in [3.8, 4) is 0 Å². The van der Waals surface area contributed by atoms with Crippen LogP contribution in [0.25, 0.3) is 0 Å². The largest absolute Gasteiger partial charge is 0.459 e. The standard InChI is InChI=1S/C35H51N3O4/c1-34(2,3)42-33(39)31(29-14-7-6-13-28(29)30-17-19-35(4,5)24-41-30)38-21-18-27(23-38)40-22-9-8-12-26-16-15-25-11-10-20-36-32(25)37-26/h6-7,13-16,27,30-31H,8-12,17-24H2,1-5H3,(H,36,37). The van der Waals surface area contributed by atoms with Gasteiger partial charge in [0.05, 0.1) is 18.8 Å². The van der Waals surface area contributed by atoms with Gasteiger partial charge in [0, 0.05) is 31.9 Å². The third-order valence-corrected chi connectivity index (χ3v) is 8.70. The Kier molecular flexibility index (Phi) is 9.91. The second-order valence-corrected chi connectivity index (χ2v) is 14.1. The molecule has 3 unspecified atom stereocenters. The number of unbranched alkanes of at least 4 members (excludes halogenated alkanes) is 1. The molecule has 0 amide bonds. The average Bonchev–Trinajstić information content (AvgIpc) is 3.40. The molecule has 0 spiro atoms. The predicted octanol–water partition coefficient (Wildman–Crippen LogP) is 6.81. The predicted molar refractivity (Wildman–Crippen MR) is 167 cm³/mol. The molecule has 4 heterocycles. The van der Waals surface area contributed by atoms with Crippen LogP contribution < -0.4 is 5.32 Å². The topological polar surface area (TPSA) is 72.9 Å². The molecular weight excluding hydrogens is 526 g/mol. The molecule has 3 aliphatic rings. The zero-order valence-corrected chi connectivity index (χ0v) is 26.4. The summed E-state index contributed by atoms with van der Waals surface area (Å²) in [7, 11) is 0. The average molecular weight is 578 g/mol. The fraction of sp³-hybridized carbons (Fsp3) is 0.657. The lowest BCUT2D eigenvalue weighted by Gasteiger charge is -2.37. The Balaban J connectivity index is 1.19. The lowest BCUT2D eigenvalue weighted by Crippen LogP contribution is -2.39. The first-order valence-electron chi connectivity index (χ1n) is 16.1. The van der Waals surface area contributed by atoms with Crippen molar-refractivity contribution in [3.05, 3.63) is 58.8 Å². The van der Waals surface area contributed by atoms with Crippen molar-refractivity contribution < 1.29 is 19.0 Å². The Morgan fingerprint density at radius 3 is 2.79 bits per heavy atom. The molecule has 7 heteroatoms. The molecule has 1 N–H and O–H groups in total. The van der Waals surface area contributed by atoms with E-state index >= 15 is 0 Å². The number of fused-ring (bicyclic) bond motifs is 1. The summed E-state index contributed by atoms with van der Waals surface area (Å²) in [6.07, 6.45) is 8.38. The normalized spacial score (nSPS) is 23.2. The summed E-state index contributed by atoms with van der Waals surface area (Å²) in [5.41, 5.74) is 4.22. The van der Waals surface area contributed by atoms with Crippen LogP contribution in [0.2, 0.25) is 0 Å². The van der Waals surface area contributed by atoms with E-state index in [0.29, 0.717) is 0 Å². The van der Waals surface area contributed by atoms with Crippen molar-refractivity contribution in [2.45, 2.75) is 110 Å². The minimum absolute atomic E-state index is 0.00537. The highest BCUT2D eigenvalue weighted by Crippen LogP contribution is 2.41. The molecule has 0 bridgehead atoms. The summed E-state index contributed by atoms with van der Waals surface area (Å²) in [4.78, 5) is 20.8. The van der Waals surface area contributed by atoms with E-state index in [1.807, 2.05) is 26.8 Å². The van der Waals surface area contributed by atoms with Crippen molar-refractivity contribution in [3.63, 3.8) is 0 Å². The summed E-state index contributed by atoms with van der Waals surface area (Å²) >= 11 is 0. The first-order chi connectivity index (χ1) is 20.1. The monoisotopic (exact) mass is 577 g/mol. The number of carbonyl (C=O) groups excluding carboxylic acids is 1. The van der Waals surface area contributed by atoms with Gasteiger partial charge in [-0.25, -0.2) is 9.78 Å². The molecular formula is C35H51N3O4. The van der Waals surface area contributed by atoms with E-state index in [4.69, 9.17) is 19.2 Å². The van der Waals surface area contributed by atoms with Crippen LogP contribution in [0.4, 0.5) is 5.82 Å². The van der Waals surface area contributed by atoms with Crippen molar-refractivity contribution in [1.82, 2.24) is 9.88 Å². The van der Waals surface area contributed by atoms with Gasteiger partial charge in [-0.1, -0.05) is 44.2 Å². The van der Waals surface area contributed by atoms with Gasteiger partial charge in [0.1, 0.15) is 17.5 Å². The molecule has 2 aromatic rings. The number of benzene rings is 1. The number of hydrogen-bond acceptors (Lipinski definition) is 7. The van der Waals surface area contributed by atoms with Crippen molar-refractivity contribution in [2.24, 2.45) is 5.41 Å². The van der Waals surface area contributed by atoms with Gasteiger partial charge in [-0.2, -0.15) is 0 Å². The van der Waals surface area contributed by atoms with Crippen LogP contribution in [0.15, 0.2) is 36.4 Å². The molecule has 1 aromatic carbocycles. The van der Waals surface area contributed by atoms with Gasteiger partial charge in [-0.3, -0.25) is 4.90 Å². The van der Waals surface area contributed by atoms with Crippen LogP contribution in [0.5, 0.6) is 0 Å². The SMILES string of the molecule is CC1(C)CCC(c2ccccc2C(C(=O)OC(C)(C)C)N2CCC(OCCCCc3ccc4c(n3)NCCC4)C2)OC1. The maximum absolute atomic E-state index is 13.8. The van der Waals surface area contributed by atoms with Crippen molar-refractivity contribution >= 4 is 11.8 Å². The number of likely N-dealkylation sites (tertiary alicyclic amines) is 1. The van der Waals surface area contributed by atoms with Gasteiger partial charge >= 0.3 is 5.97 Å². The molecule has 0 aliphatic carbocycles. The number of carbonyl (C=O) groups is 1. The zero-order chi connectivity index (χ0) is 29.7. The highest BCUT2D eigenvalue weighted by atomic mass is 16.6. The van der Waals surface area contributed by atoms with Gasteiger partial charge in [-0.05, 0) is 100 Å². The number of ether oxygens (including phenoxy) is 3. The minimum atomic E-state index is -0.561. The highest BCUT2D eigenvalue weighted by molar-refractivity contribution is 5.78. The van der Waals surface area contributed by atoms with Gasteiger partial charge in [0.25, 0.3) is 0 Å². The minimum Gasteiger partial charge on any atom is -0.459 e.